The van der Waals surface area contributed by atoms with E-state index >= 15 is 0 Å². The van der Waals surface area contributed by atoms with Crippen molar-refractivity contribution in [3.63, 3.8) is 0 Å². The Hall–Kier alpha value is -2.81. The van der Waals surface area contributed by atoms with Crippen molar-refractivity contribution in [1.82, 2.24) is 9.38 Å². The third kappa shape index (κ3) is 2.03. The van der Waals surface area contributed by atoms with E-state index in [0.29, 0.717) is 0 Å². The van der Waals surface area contributed by atoms with Crippen molar-refractivity contribution >= 4 is 16.4 Å². The van der Waals surface area contributed by atoms with Gasteiger partial charge >= 0.3 is 0 Å². The van der Waals surface area contributed by atoms with Crippen molar-refractivity contribution in [3.8, 4) is 17.0 Å². The summed E-state index contributed by atoms with van der Waals surface area (Å²) in [4.78, 5) is 4.66. The number of hydrogen-bond acceptors (Lipinski definition) is 2. The minimum Gasteiger partial charge on any atom is -0.497 e. The number of ether oxygens (including phenoxy) is 1. The van der Waals surface area contributed by atoms with Gasteiger partial charge in [0.1, 0.15) is 11.4 Å². The van der Waals surface area contributed by atoms with E-state index < -0.39 is 0 Å². The van der Waals surface area contributed by atoms with Crippen LogP contribution in [0.4, 0.5) is 0 Å². The van der Waals surface area contributed by atoms with Crippen molar-refractivity contribution in [2.75, 3.05) is 7.11 Å². The van der Waals surface area contributed by atoms with Crippen molar-refractivity contribution < 1.29 is 4.74 Å². The Morgan fingerprint density at radius 2 is 1.81 bits per heavy atom. The molecule has 2 heterocycles. The van der Waals surface area contributed by atoms with Crippen molar-refractivity contribution in [3.05, 3.63) is 67.0 Å². The van der Waals surface area contributed by atoms with E-state index in [1.165, 1.54) is 10.8 Å². The van der Waals surface area contributed by atoms with Crippen LogP contribution in [0.3, 0.4) is 0 Å². The third-order valence-electron chi connectivity index (χ3n) is 3.71. The second kappa shape index (κ2) is 4.63. The highest BCUT2D eigenvalue weighted by Gasteiger charge is 2.05. The first kappa shape index (κ1) is 12.0. The van der Waals surface area contributed by atoms with Gasteiger partial charge < -0.3 is 9.14 Å². The van der Waals surface area contributed by atoms with Crippen LogP contribution in [0.1, 0.15) is 0 Å². The third-order valence-corrected chi connectivity index (χ3v) is 3.71. The number of methoxy groups -OCH3 is 1. The maximum atomic E-state index is 5.26. The fraction of sp³-hybridized carbons (Fsp3) is 0.0556. The number of fused-ring (bicyclic) bond motifs is 2. The predicted molar refractivity (Wildman–Crippen MR) is 84.7 cm³/mol. The second-order valence-electron chi connectivity index (χ2n) is 5.02. The van der Waals surface area contributed by atoms with Gasteiger partial charge in [0.15, 0.2) is 0 Å². The van der Waals surface area contributed by atoms with Gasteiger partial charge in [0.05, 0.1) is 12.8 Å². The molecular weight excluding hydrogens is 260 g/mol. The average Bonchev–Trinajstić information content (AvgIpc) is 2.98. The molecule has 0 spiro atoms. The van der Waals surface area contributed by atoms with Gasteiger partial charge in [-0.1, -0.05) is 24.3 Å². The normalized spacial score (nSPS) is 11.1. The molecule has 4 aromatic rings. The highest BCUT2D eigenvalue weighted by Crippen LogP contribution is 2.26. The van der Waals surface area contributed by atoms with Crippen LogP contribution >= 0.6 is 0 Å². The standard InChI is InChI=1S/C18H14N2O/c1-21-16-8-7-13-10-15(6-5-14(13)11-16)17-12-20-9-3-2-4-18(20)19-17/h2-12H,1H3. The van der Waals surface area contributed by atoms with E-state index in [9.17, 15) is 0 Å². The molecule has 0 amide bonds. The highest BCUT2D eigenvalue weighted by atomic mass is 16.5. The molecule has 0 fully saturated rings. The van der Waals surface area contributed by atoms with Crippen molar-refractivity contribution in [2.45, 2.75) is 0 Å². The number of rotatable bonds is 2. The Morgan fingerprint density at radius 1 is 0.952 bits per heavy atom. The molecular formula is C18H14N2O. The molecule has 21 heavy (non-hydrogen) atoms. The Balaban J connectivity index is 1.86. The molecule has 2 aromatic heterocycles. The number of benzene rings is 2. The van der Waals surface area contributed by atoms with E-state index in [1.54, 1.807) is 7.11 Å². The second-order valence-corrected chi connectivity index (χ2v) is 5.02. The van der Waals surface area contributed by atoms with Gasteiger partial charge in [-0.3, -0.25) is 0 Å². The SMILES string of the molecule is COc1ccc2cc(-c3cn4ccccc4n3)ccc2c1. The lowest BCUT2D eigenvalue weighted by Crippen LogP contribution is -1.83. The molecule has 0 aliphatic carbocycles. The Bertz CT molecular complexity index is 907. The Kier molecular flexibility index (Phi) is 2.64. The maximum Gasteiger partial charge on any atom is 0.137 e. The molecule has 0 unspecified atom stereocenters. The molecule has 3 nitrogen and oxygen atoms in total. The zero-order chi connectivity index (χ0) is 14.2. The topological polar surface area (TPSA) is 26.5 Å². The monoisotopic (exact) mass is 274 g/mol. The smallest absolute Gasteiger partial charge is 0.137 e. The fourth-order valence-electron chi connectivity index (χ4n) is 2.58. The van der Waals surface area contributed by atoms with Crippen LogP contribution in [-0.2, 0) is 0 Å². The molecule has 0 saturated carbocycles. The van der Waals surface area contributed by atoms with Crippen LogP contribution in [0.15, 0.2) is 67.0 Å². The molecule has 0 saturated heterocycles. The molecule has 4 rings (SSSR count). The molecule has 0 bridgehead atoms. The summed E-state index contributed by atoms with van der Waals surface area (Å²) in [5.41, 5.74) is 3.07. The number of imidazole rings is 1. The lowest BCUT2D eigenvalue weighted by molar-refractivity contribution is 0.415. The molecule has 0 N–H and O–H groups in total. The number of nitrogens with zero attached hydrogens (tertiary/aromatic N) is 2. The molecule has 2 aromatic carbocycles. The number of pyridine rings is 1. The average molecular weight is 274 g/mol. The van der Waals surface area contributed by atoms with Crippen molar-refractivity contribution in [1.29, 1.82) is 0 Å². The molecule has 102 valence electrons. The first-order valence-corrected chi connectivity index (χ1v) is 6.85. The largest absolute Gasteiger partial charge is 0.497 e. The van der Waals surface area contributed by atoms with Gasteiger partial charge in [-0.05, 0) is 41.1 Å². The summed E-state index contributed by atoms with van der Waals surface area (Å²) in [6.45, 7) is 0. The lowest BCUT2D eigenvalue weighted by Gasteiger charge is -2.04. The molecule has 0 radical (unpaired) electrons. The molecule has 3 heteroatoms. The van der Waals surface area contributed by atoms with Gasteiger partial charge in [-0.15, -0.1) is 0 Å². The highest BCUT2D eigenvalue weighted by molar-refractivity contribution is 5.88. The van der Waals surface area contributed by atoms with Crippen LogP contribution in [0, 0.1) is 0 Å². The Labute approximate surface area is 122 Å². The summed E-state index contributed by atoms with van der Waals surface area (Å²) >= 11 is 0. The summed E-state index contributed by atoms with van der Waals surface area (Å²) in [6, 6.07) is 18.5. The van der Waals surface area contributed by atoms with E-state index in [2.05, 4.69) is 35.4 Å². The van der Waals surface area contributed by atoms with Crippen molar-refractivity contribution in [2.24, 2.45) is 0 Å². The van der Waals surface area contributed by atoms with Gasteiger partial charge in [0.25, 0.3) is 0 Å². The van der Waals surface area contributed by atoms with E-state index in [-0.39, 0.29) is 0 Å². The minimum absolute atomic E-state index is 0.878. The summed E-state index contributed by atoms with van der Waals surface area (Å²) in [7, 11) is 1.69. The molecule has 0 atom stereocenters. The lowest BCUT2D eigenvalue weighted by atomic mass is 10.1. The molecule has 0 aliphatic rings. The Morgan fingerprint density at radius 3 is 2.67 bits per heavy atom. The summed E-state index contributed by atoms with van der Waals surface area (Å²) in [5.74, 6) is 0.878. The first-order chi connectivity index (χ1) is 10.3. The number of hydrogen-bond donors (Lipinski definition) is 0. The fourth-order valence-corrected chi connectivity index (χ4v) is 2.58. The van der Waals surface area contributed by atoms with Crippen LogP contribution in [0.25, 0.3) is 27.7 Å². The van der Waals surface area contributed by atoms with E-state index in [4.69, 9.17) is 4.74 Å². The van der Waals surface area contributed by atoms with Crippen LogP contribution < -0.4 is 4.74 Å². The first-order valence-electron chi connectivity index (χ1n) is 6.85. The van der Waals surface area contributed by atoms with E-state index in [1.807, 2.05) is 40.9 Å². The molecule has 0 aliphatic heterocycles. The minimum atomic E-state index is 0.878. The summed E-state index contributed by atoms with van der Waals surface area (Å²) < 4.78 is 7.30. The summed E-state index contributed by atoms with van der Waals surface area (Å²) in [5, 5.41) is 2.35. The van der Waals surface area contributed by atoms with Gasteiger partial charge in [0.2, 0.25) is 0 Å². The predicted octanol–water partition coefficient (Wildman–Crippen LogP) is 4.16. The van der Waals surface area contributed by atoms with Gasteiger partial charge in [-0.2, -0.15) is 0 Å². The maximum absolute atomic E-state index is 5.26. The number of aromatic nitrogens is 2. The van der Waals surface area contributed by atoms with Crippen LogP contribution in [0.5, 0.6) is 5.75 Å². The quantitative estimate of drug-likeness (QED) is 0.548. The van der Waals surface area contributed by atoms with Crippen LogP contribution in [0.2, 0.25) is 0 Å². The van der Waals surface area contributed by atoms with Gasteiger partial charge in [0, 0.05) is 18.0 Å². The van der Waals surface area contributed by atoms with Crippen LogP contribution in [-0.4, -0.2) is 16.5 Å². The van der Waals surface area contributed by atoms with Gasteiger partial charge in [-0.25, -0.2) is 4.98 Å². The zero-order valence-corrected chi connectivity index (χ0v) is 11.7. The zero-order valence-electron chi connectivity index (χ0n) is 11.7. The van der Waals surface area contributed by atoms with E-state index in [0.717, 1.165) is 22.7 Å². The summed E-state index contributed by atoms with van der Waals surface area (Å²) in [6.07, 6.45) is 4.07.